The lowest BCUT2D eigenvalue weighted by Gasteiger charge is -2.37. The van der Waals surface area contributed by atoms with Crippen LogP contribution in [-0.4, -0.2) is 47.9 Å². The monoisotopic (exact) mass is 312 g/mol. The first-order valence-electron chi connectivity index (χ1n) is 8.29. The first kappa shape index (κ1) is 16.7. The van der Waals surface area contributed by atoms with Crippen molar-refractivity contribution < 1.29 is 9.59 Å². The predicted octanol–water partition coefficient (Wildman–Crippen LogP) is 2.43. The molecule has 1 atom stereocenters. The number of unbranched alkanes of at least 4 members (excludes halogenated alkanes) is 2. The maximum atomic E-state index is 12.6. The second-order valence-electron chi connectivity index (χ2n) is 6.26. The van der Waals surface area contributed by atoms with Crippen LogP contribution in [0.4, 0.5) is 0 Å². The Morgan fingerprint density at radius 2 is 1.90 bits per heavy atom. The van der Waals surface area contributed by atoms with Gasteiger partial charge < -0.3 is 10.2 Å². The number of carbonyl (C=O) groups excluding carboxylic acids is 2. The van der Waals surface area contributed by atoms with Gasteiger partial charge in [-0.2, -0.15) is 11.8 Å². The molecule has 1 aliphatic heterocycles. The highest BCUT2D eigenvalue weighted by atomic mass is 32.2. The fourth-order valence-corrected chi connectivity index (χ4v) is 3.92. The van der Waals surface area contributed by atoms with E-state index in [1.807, 2.05) is 11.8 Å². The molecule has 0 aromatic heterocycles. The zero-order chi connectivity index (χ0) is 15.1. The van der Waals surface area contributed by atoms with Gasteiger partial charge in [-0.05, 0) is 43.6 Å². The summed E-state index contributed by atoms with van der Waals surface area (Å²) in [4.78, 5) is 26.3. The van der Waals surface area contributed by atoms with Crippen LogP contribution in [-0.2, 0) is 9.59 Å². The molecule has 120 valence electrons. The highest BCUT2D eigenvalue weighted by Crippen LogP contribution is 2.28. The molecule has 1 unspecified atom stereocenters. The summed E-state index contributed by atoms with van der Waals surface area (Å²) in [6.45, 7) is 0.994. The van der Waals surface area contributed by atoms with E-state index < -0.39 is 0 Å². The Morgan fingerprint density at radius 1 is 1.14 bits per heavy atom. The molecule has 1 N–H and O–H groups in total. The number of thioether (sulfide) groups is 1. The van der Waals surface area contributed by atoms with Gasteiger partial charge in [0.1, 0.15) is 6.04 Å². The number of hydrogen-bond donors (Lipinski definition) is 1. The van der Waals surface area contributed by atoms with Crippen LogP contribution in [0, 0.1) is 5.92 Å². The van der Waals surface area contributed by atoms with E-state index in [9.17, 15) is 9.59 Å². The maximum Gasteiger partial charge on any atom is 0.245 e. The number of nitrogens with one attached hydrogen (secondary N) is 1. The van der Waals surface area contributed by atoms with Gasteiger partial charge in [0, 0.05) is 6.54 Å². The zero-order valence-electron chi connectivity index (χ0n) is 13.1. The molecule has 4 nitrogen and oxygen atoms in total. The van der Waals surface area contributed by atoms with Gasteiger partial charge in [0.05, 0.1) is 6.54 Å². The van der Waals surface area contributed by atoms with E-state index in [0.717, 1.165) is 32.2 Å². The van der Waals surface area contributed by atoms with Crippen molar-refractivity contribution in [1.29, 1.82) is 0 Å². The van der Waals surface area contributed by atoms with Gasteiger partial charge in [0.15, 0.2) is 0 Å². The van der Waals surface area contributed by atoms with Crippen molar-refractivity contribution in [1.82, 2.24) is 10.2 Å². The number of piperazine rings is 1. The lowest BCUT2D eigenvalue weighted by atomic mass is 9.82. The molecule has 0 bridgehead atoms. The summed E-state index contributed by atoms with van der Waals surface area (Å²) in [7, 11) is 0. The number of carbonyl (C=O) groups is 2. The molecule has 2 fully saturated rings. The van der Waals surface area contributed by atoms with Crippen molar-refractivity contribution >= 4 is 23.6 Å². The fourth-order valence-electron chi connectivity index (χ4n) is 3.43. The quantitative estimate of drug-likeness (QED) is 0.735. The first-order valence-corrected chi connectivity index (χ1v) is 9.69. The van der Waals surface area contributed by atoms with Crippen LogP contribution in [0.2, 0.25) is 0 Å². The maximum absolute atomic E-state index is 12.6. The smallest absolute Gasteiger partial charge is 0.245 e. The minimum Gasteiger partial charge on any atom is -0.342 e. The van der Waals surface area contributed by atoms with Crippen LogP contribution in [0.3, 0.4) is 0 Å². The van der Waals surface area contributed by atoms with Crippen molar-refractivity contribution in [2.45, 2.75) is 57.4 Å². The normalized spacial score (nSPS) is 24.2. The molecule has 2 aliphatic rings. The van der Waals surface area contributed by atoms with Crippen molar-refractivity contribution in [3.63, 3.8) is 0 Å². The number of rotatable bonds is 7. The van der Waals surface area contributed by atoms with E-state index in [-0.39, 0.29) is 24.4 Å². The Bertz CT molecular complexity index is 356. The third kappa shape index (κ3) is 4.90. The van der Waals surface area contributed by atoms with Crippen LogP contribution in [0.25, 0.3) is 0 Å². The van der Waals surface area contributed by atoms with Gasteiger partial charge in [0.25, 0.3) is 0 Å². The van der Waals surface area contributed by atoms with Crippen molar-refractivity contribution in [3.05, 3.63) is 0 Å². The molecule has 0 spiro atoms. The van der Waals surface area contributed by atoms with Crippen LogP contribution >= 0.6 is 11.8 Å². The van der Waals surface area contributed by atoms with Gasteiger partial charge in [-0.15, -0.1) is 0 Å². The molecule has 1 heterocycles. The Morgan fingerprint density at radius 3 is 2.62 bits per heavy atom. The molecule has 1 aliphatic carbocycles. The molecule has 2 amide bonds. The molecule has 0 radical (unpaired) electrons. The molecular weight excluding hydrogens is 284 g/mol. The highest BCUT2D eigenvalue weighted by Gasteiger charge is 2.37. The largest absolute Gasteiger partial charge is 0.342 e. The second-order valence-corrected chi connectivity index (χ2v) is 7.24. The predicted molar refractivity (Wildman–Crippen MR) is 87.3 cm³/mol. The van der Waals surface area contributed by atoms with E-state index in [1.54, 1.807) is 4.90 Å². The summed E-state index contributed by atoms with van der Waals surface area (Å²) in [5.74, 6) is 1.72. The molecule has 21 heavy (non-hydrogen) atoms. The topological polar surface area (TPSA) is 49.4 Å². The lowest BCUT2D eigenvalue weighted by molar-refractivity contribution is -0.146. The third-order valence-corrected chi connectivity index (χ3v) is 5.32. The van der Waals surface area contributed by atoms with E-state index in [4.69, 9.17) is 0 Å². The minimum absolute atomic E-state index is 0.0225. The van der Waals surface area contributed by atoms with Gasteiger partial charge in [-0.1, -0.05) is 25.7 Å². The molecule has 1 saturated carbocycles. The molecule has 0 aromatic carbocycles. The summed E-state index contributed by atoms with van der Waals surface area (Å²) >= 11 is 1.86. The molecule has 2 rings (SSSR count). The van der Waals surface area contributed by atoms with E-state index in [2.05, 4.69) is 11.6 Å². The number of nitrogens with zero attached hydrogens (tertiary/aromatic N) is 1. The highest BCUT2D eigenvalue weighted by molar-refractivity contribution is 7.98. The average Bonchev–Trinajstić information content (AvgIpc) is 2.51. The van der Waals surface area contributed by atoms with Gasteiger partial charge in [0.2, 0.25) is 11.8 Å². The summed E-state index contributed by atoms with van der Waals surface area (Å²) in [6, 6.07) is -0.252. The Kier molecular flexibility index (Phi) is 6.87. The van der Waals surface area contributed by atoms with Crippen LogP contribution in [0.1, 0.15) is 51.4 Å². The van der Waals surface area contributed by atoms with Gasteiger partial charge >= 0.3 is 0 Å². The molecule has 0 aromatic rings. The fraction of sp³-hybridized carbons (Fsp3) is 0.875. The summed E-state index contributed by atoms with van der Waals surface area (Å²) in [5, 5.41) is 2.94. The summed E-state index contributed by atoms with van der Waals surface area (Å²) < 4.78 is 0. The van der Waals surface area contributed by atoms with Crippen molar-refractivity contribution in [2.24, 2.45) is 5.92 Å². The zero-order valence-corrected chi connectivity index (χ0v) is 13.9. The van der Waals surface area contributed by atoms with E-state index in [0.29, 0.717) is 5.92 Å². The Labute approximate surface area is 132 Å². The van der Waals surface area contributed by atoms with E-state index >= 15 is 0 Å². The summed E-state index contributed by atoms with van der Waals surface area (Å²) in [5.41, 5.74) is 0. The Balaban J connectivity index is 1.83. The third-order valence-electron chi connectivity index (χ3n) is 4.63. The lowest BCUT2D eigenvalue weighted by Crippen LogP contribution is -2.60. The standard InChI is InChI=1S/C16H28N2O2S/c1-21-11-7-3-6-10-18-12-14(19)17-15(16(18)20)13-8-4-2-5-9-13/h13,15H,2-12H2,1H3,(H,17,19). The molecule has 5 heteroatoms. The second kappa shape index (κ2) is 8.66. The number of hydrogen-bond acceptors (Lipinski definition) is 3. The average molecular weight is 312 g/mol. The molecular formula is C16H28N2O2S. The first-order chi connectivity index (χ1) is 10.2. The van der Waals surface area contributed by atoms with Crippen LogP contribution in [0.15, 0.2) is 0 Å². The number of amides is 2. The van der Waals surface area contributed by atoms with Crippen LogP contribution in [0.5, 0.6) is 0 Å². The van der Waals surface area contributed by atoms with Gasteiger partial charge in [-0.3, -0.25) is 9.59 Å². The van der Waals surface area contributed by atoms with Crippen molar-refractivity contribution in [2.75, 3.05) is 25.1 Å². The van der Waals surface area contributed by atoms with E-state index in [1.165, 1.54) is 31.4 Å². The summed E-state index contributed by atoms with van der Waals surface area (Å²) in [6.07, 6.45) is 11.3. The minimum atomic E-state index is -0.252. The Hall–Kier alpha value is -0.710. The SMILES string of the molecule is CSCCCCCN1CC(=O)NC(C2CCCCC2)C1=O. The van der Waals surface area contributed by atoms with Crippen molar-refractivity contribution in [3.8, 4) is 0 Å². The molecule has 1 saturated heterocycles. The van der Waals surface area contributed by atoms with Gasteiger partial charge in [-0.25, -0.2) is 0 Å². The van der Waals surface area contributed by atoms with Crippen LogP contribution < -0.4 is 5.32 Å².